The molecule has 3 heterocycles. The molecule has 0 saturated carbocycles. The molecule has 1 fully saturated rings. The van der Waals surface area contributed by atoms with Crippen molar-refractivity contribution in [1.29, 1.82) is 0 Å². The number of hydrogen-bond donors (Lipinski definition) is 0. The second-order valence-electron chi connectivity index (χ2n) is 9.69. The van der Waals surface area contributed by atoms with Crippen LogP contribution in [0.2, 0.25) is 0 Å². The molecule has 3 aromatic carbocycles. The quantitative estimate of drug-likeness (QED) is 0.246. The summed E-state index contributed by atoms with van der Waals surface area (Å²) in [5.74, 6) is -0.0585. The Hall–Kier alpha value is -5.51. The Morgan fingerprint density at radius 2 is 1.76 bits per heavy atom. The number of hydrogen-bond acceptors (Lipinski definition) is 8. The maximum absolute atomic E-state index is 13.9. The summed E-state index contributed by atoms with van der Waals surface area (Å²) < 4.78 is 16.5. The molecule has 6 rings (SSSR count). The average Bonchev–Trinajstić information content (AvgIpc) is 3.59. The number of benzene rings is 3. The molecular weight excluding hydrogens is 536 g/mol. The van der Waals surface area contributed by atoms with Crippen molar-refractivity contribution >= 4 is 34.5 Å². The molecule has 1 aliphatic rings. The van der Waals surface area contributed by atoms with Crippen LogP contribution in [0, 0.1) is 0 Å². The van der Waals surface area contributed by atoms with Gasteiger partial charge in [0.1, 0.15) is 11.6 Å². The molecule has 10 heteroatoms. The van der Waals surface area contributed by atoms with E-state index in [2.05, 4.69) is 9.97 Å². The van der Waals surface area contributed by atoms with Crippen molar-refractivity contribution in [2.45, 2.75) is 19.0 Å². The topological polar surface area (TPSA) is 115 Å². The number of ether oxygens (including phenoxy) is 2. The molecule has 210 valence electrons. The van der Waals surface area contributed by atoms with Gasteiger partial charge < -0.3 is 18.8 Å². The number of oxazole rings is 1. The number of rotatable bonds is 8. The summed E-state index contributed by atoms with van der Waals surface area (Å²) in [6.45, 7) is 0.0786. The van der Waals surface area contributed by atoms with Gasteiger partial charge >= 0.3 is 0 Å². The van der Waals surface area contributed by atoms with Gasteiger partial charge in [0.15, 0.2) is 17.1 Å². The van der Waals surface area contributed by atoms with Crippen LogP contribution in [0.5, 0.6) is 11.5 Å². The van der Waals surface area contributed by atoms with Crippen molar-refractivity contribution in [3.05, 3.63) is 102 Å². The van der Waals surface area contributed by atoms with E-state index in [9.17, 15) is 14.4 Å². The lowest BCUT2D eigenvalue weighted by Crippen LogP contribution is -2.45. The van der Waals surface area contributed by atoms with Crippen LogP contribution in [0.25, 0.3) is 22.6 Å². The molecular formula is C32H26N4O6. The number of nitrogens with zero attached hydrogens (tertiary/aromatic N) is 4. The maximum atomic E-state index is 13.9. The van der Waals surface area contributed by atoms with E-state index in [4.69, 9.17) is 13.9 Å². The van der Waals surface area contributed by atoms with E-state index >= 15 is 0 Å². The van der Waals surface area contributed by atoms with E-state index in [-0.39, 0.29) is 18.5 Å². The minimum Gasteiger partial charge on any atom is -0.493 e. The van der Waals surface area contributed by atoms with E-state index in [0.29, 0.717) is 39.8 Å². The first-order valence-electron chi connectivity index (χ1n) is 13.2. The Kier molecular flexibility index (Phi) is 7.10. The highest BCUT2D eigenvalue weighted by Crippen LogP contribution is 2.32. The van der Waals surface area contributed by atoms with Crippen molar-refractivity contribution in [3.8, 4) is 23.0 Å². The van der Waals surface area contributed by atoms with Gasteiger partial charge in [-0.05, 0) is 66.2 Å². The van der Waals surface area contributed by atoms with Gasteiger partial charge in [-0.15, -0.1) is 0 Å². The first-order chi connectivity index (χ1) is 20.5. The van der Waals surface area contributed by atoms with Gasteiger partial charge in [-0.1, -0.05) is 18.2 Å². The first kappa shape index (κ1) is 26.7. The van der Waals surface area contributed by atoms with Crippen molar-refractivity contribution < 1.29 is 28.3 Å². The summed E-state index contributed by atoms with van der Waals surface area (Å²) >= 11 is 0. The van der Waals surface area contributed by atoms with E-state index < -0.39 is 23.8 Å². The fourth-order valence-corrected chi connectivity index (χ4v) is 5.03. The minimum atomic E-state index is -1.02. The Bertz CT molecular complexity index is 1750. The molecule has 1 aliphatic heterocycles. The lowest BCUT2D eigenvalue weighted by molar-refractivity contribution is -0.122. The zero-order valence-corrected chi connectivity index (χ0v) is 22.9. The van der Waals surface area contributed by atoms with Gasteiger partial charge in [-0.2, -0.15) is 0 Å². The van der Waals surface area contributed by atoms with Gasteiger partial charge in [0, 0.05) is 30.1 Å². The van der Waals surface area contributed by atoms with Crippen LogP contribution >= 0.6 is 0 Å². The Morgan fingerprint density at radius 1 is 0.976 bits per heavy atom. The molecule has 5 aromatic rings. The molecule has 0 spiro atoms. The van der Waals surface area contributed by atoms with Crippen LogP contribution in [-0.2, 0) is 16.1 Å². The van der Waals surface area contributed by atoms with Crippen molar-refractivity contribution in [2.75, 3.05) is 19.1 Å². The number of fused-ring (bicyclic) bond motifs is 1. The molecule has 0 N–H and O–H groups in total. The molecule has 10 nitrogen and oxygen atoms in total. The third kappa shape index (κ3) is 4.94. The molecule has 42 heavy (non-hydrogen) atoms. The lowest BCUT2D eigenvalue weighted by Gasteiger charge is -2.28. The SMILES string of the molecule is COc1ccc(C(=O)N(Cc2cccnc2)C2CC(=O)N(c3ccc(-c4nc5ccccc5o4)cc3)C2=O)cc1OC. The van der Waals surface area contributed by atoms with Crippen LogP contribution in [-0.4, -0.2) is 52.9 Å². The van der Waals surface area contributed by atoms with Crippen molar-refractivity contribution in [2.24, 2.45) is 0 Å². The zero-order valence-electron chi connectivity index (χ0n) is 22.9. The summed E-state index contributed by atoms with van der Waals surface area (Å²) in [4.78, 5) is 52.1. The number of imide groups is 1. The van der Waals surface area contributed by atoms with Gasteiger partial charge in [0.2, 0.25) is 11.8 Å². The first-order valence-corrected chi connectivity index (χ1v) is 13.2. The van der Waals surface area contributed by atoms with Gasteiger partial charge in [-0.25, -0.2) is 9.88 Å². The molecule has 1 saturated heterocycles. The fourth-order valence-electron chi connectivity index (χ4n) is 5.03. The summed E-state index contributed by atoms with van der Waals surface area (Å²) in [5, 5.41) is 0. The van der Waals surface area contributed by atoms with Gasteiger partial charge in [0.05, 0.1) is 26.3 Å². The summed E-state index contributed by atoms with van der Waals surface area (Å²) in [6.07, 6.45) is 3.09. The number of amides is 3. The normalized spacial score (nSPS) is 14.8. The fraction of sp³-hybridized carbons (Fsp3) is 0.156. The van der Waals surface area contributed by atoms with E-state index in [0.717, 1.165) is 10.4 Å². The predicted molar refractivity (Wildman–Crippen MR) is 154 cm³/mol. The smallest absolute Gasteiger partial charge is 0.257 e. The van der Waals surface area contributed by atoms with E-state index in [1.54, 1.807) is 60.9 Å². The van der Waals surface area contributed by atoms with E-state index in [1.807, 2.05) is 30.3 Å². The third-order valence-corrected chi connectivity index (χ3v) is 7.13. The molecule has 1 atom stereocenters. The summed E-state index contributed by atoms with van der Waals surface area (Å²) in [5.41, 5.74) is 3.50. The van der Waals surface area contributed by atoms with Crippen molar-refractivity contribution in [1.82, 2.24) is 14.9 Å². The van der Waals surface area contributed by atoms with Crippen LogP contribution in [0.15, 0.2) is 95.7 Å². The highest BCUT2D eigenvalue weighted by Gasteiger charge is 2.44. The van der Waals surface area contributed by atoms with Gasteiger partial charge in [-0.3, -0.25) is 19.4 Å². The number of aromatic nitrogens is 2. The zero-order chi connectivity index (χ0) is 29.2. The monoisotopic (exact) mass is 562 g/mol. The van der Waals surface area contributed by atoms with Crippen molar-refractivity contribution in [3.63, 3.8) is 0 Å². The van der Waals surface area contributed by atoms with E-state index in [1.165, 1.54) is 19.1 Å². The molecule has 1 unspecified atom stereocenters. The average molecular weight is 563 g/mol. The number of para-hydroxylation sites is 2. The number of carbonyl (C=O) groups is 3. The standard InChI is InChI=1S/C32H26N4O6/c1-40-27-14-11-22(16-28(27)41-2)31(38)35(19-20-6-5-15-33-18-20)25-17-29(37)36(32(25)39)23-12-9-21(10-13-23)30-34-24-7-3-4-8-26(24)42-30/h3-16,18,25H,17,19H2,1-2H3. The molecule has 0 bridgehead atoms. The van der Waals surface area contributed by atoms with Crippen LogP contribution < -0.4 is 14.4 Å². The molecule has 0 radical (unpaired) electrons. The number of anilines is 1. The molecule has 0 aliphatic carbocycles. The Balaban J connectivity index is 1.30. The van der Waals surface area contributed by atoms with Crippen LogP contribution in [0.3, 0.4) is 0 Å². The number of carbonyl (C=O) groups excluding carboxylic acids is 3. The van der Waals surface area contributed by atoms with Gasteiger partial charge in [0.25, 0.3) is 11.8 Å². The number of pyridine rings is 1. The predicted octanol–water partition coefficient (Wildman–Crippen LogP) is 4.88. The van der Waals surface area contributed by atoms with Crippen LogP contribution in [0.1, 0.15) is 22.3 Å². The summed E-state index contributed by atoms with van der Waals surface area (Å²) in [7, 11) is 2.98. The Morgan fingerprint density at radius 3 is 2.48 bits per heavy atom. The third-order valence-electron chi connectivity index (χ3n) is 7.13. The summed E-state index contributed by atoms with van der Waals surface area (Å²) in [6, 6.07) is 21.6. The number of methoxy groups -OCH3 is 2. The molecule has 2 aromatic heterocycles. The molecule has 3 amide bonds. The highest BCUT2D eigenvalue weighted by molar-refractivity contribution is 6.23. The maximum Gasteiger partial charge on any atom is 0.257 e. The Labute approximate surface area is 241 Å². The minimum absolute atomic E-state index is 0.0786. The lowest BCUT2D eigenvalue weighted by atomic mass is 10.1. The second-order valence-corrected chi connectivity index (χ2v) is 9.69. The second kappa shape index (κ2) is 11.2. The highest BCUT2D eigenvalue weighted by atomic mass is 16.5. The largest absolute Gasteiger partial charge is 0.493 e. The van der Waals surface area contributed by atoms with Crippen LogP contribution in [0.4, 0.5) is 5.69 Å².